The number of benzene rings is 14. The minimum absolute atomic E-state index is 0.580. The molecule has 0 fully saturated rings. The summed E-state index contributed by atoms with van der Waals surface area (Å²) in [6.45, 7) is 0. The normalized spacial score (nSPS) is 12.3. The Morgan fingerprint density at radius 2 is 0.543 bits per heavy atom. The van der Waals surface area contributed by atoms with Crippen LogP contribution in [0.15, 0.2) is 312 Å². The van der Waals surface area contributed by atoms with Gasteiger partial charge < -0.3 is 18.0 Å². The van der Waals surface area contributed by atoms with E-state index in [0.29, 0.717) is 5.95 Å². The first-order chi connectivity index (χ1) is 46.6. The number of hydrogen-bond donors (Lipinski definition) is 0. The van der Waals surface area contributed by atoms with Gasteiger partial charge in [-0.15, -0.1) is 0 Å². The fourth-order valence-corrected chi connectivity index (χ4v) is 15.5. The average molecular weight is 1200 g/mol. The topological polar surface area (TPSA) is 71.8 Å². The van der Waals surface area contributed by atoms with E-state index in [0.717, 1.165) is 154 Å². The van der Waals surface area contributed by atoms with Gasteiger partial charge in [0.2, 0.25) is 5.95 Å². The van der Waals surface area contributed by atoms with Crippen molar-refractivity contribution < 1.29 is 8.83 Å². The van der Waals surface area contributed by atoms with E-state index >= 15 is 0 Å². The van der Waals surface area contributed by atoms with Gasteiger partial charge in [-0.25, -0.2) is 4.98 Å². The van der Waals surface area contributed by atoms with Crippen LogP contribution in [0.1, 0.15) is 0 Å². The van der Waals surface area contributed by atoms with Crippen molar-refractivity contribution in [3.63, 3.8) is 0 Å². The molecule has 94 heavy (non-hydrogen) atoms. The monoisotopic (exact) mass is 1200 g/mol. The molecule has 0 atom stereocenters. The molecule has 0 aliphatic carbocycles. The van der Waals surface area contributed by atoms with Crippen molar-refractivity contribution in [1.82, 2.24) is 28.2 Å². The van der Waals surface area contributed by atoms with Gasteiger partial charge in [0.05, 0.1) is 49.7 Å². The maximum atomic E-state index is 6.30. The molecule has 0 saturated heterocycles. The lowest BCUT2D eigenvalue weighted by Gasteiger charge is -2.16. The third-order valence-electron chi connectivity index (χ3n) is 19.8. The molecule has 7 aromatic heterocycles. The molecule has 0 aliphatic rings. The molecule has 8 heteroatoms. The van der Waals surface area contributed by atoms with E-state index in [1.165, 1.54) is 38.1 Å². The molecule has 0 bridgehead atoms. The highest BCUT2D eigenvalue weighted by molar-refractivity contribution is 6.16. The van der Waals surface area contributed by atoms with Crippen LogP contribution in [-0.4, -0.2) is 28.2 Å². The number of fused-ring (bicyclic) bond motifs is 19. The van der Waals surface area contributed by atoms with Crippen LogP contribution < -0.4 is 0 Å². The van der Waals surface area contributed by atoms with Crippen LogP contribution in [0, 0.1) is 0 Å². The molecule has 0 spiro atoms. The van der Waals surface area contributed by atoms with Crippen molar-refractivity contribution in [2.24, 2.45) is 0 Å². The summed E-state index contributed by atoms with van der Waals surface area (Å²) in [7, 11) is 0. The fourth-order valence-electron chi connectivity index (χ4n) is 15.5. The molecule has 0 unspecified atom stereocenters. The van der Waals surface area contributed by atoms with Crippen molar-refractivity contribution in [1.29, 1.82) is 0 Å². The van der Waals surface area contributed by atoms with Crippen molar-refractivity contribution in [2.45, 2.75) is 0 Å². The first-order valence-electron chi connectivity index (χ1n) is 31.9. The molecule has 21 aromatic rings. The molecular weight excluding hydrogens is 1150 g/mol. The van der Waals surface area contributed by atoms with Gasteiger partial charge >= 0.3 is 0 Å². The lowest BCUT2D eigenvalue weighted by molar-refractivity contribution is 0.668. The lowest BCUT2D eigenvalue weighted by atomic mass is 10.0. The van der Waals surface area contributed by atoms with Gasteiger partial charge in [0, 0.05) is 81.4 Å². The Bertz CT molecular complexity index is 6810. The standard InChI is InChI=1S/C86H50N6O2/c1-2-16-57(17-3-1)89-73-24-10-4-18-59(73)65-44-51(30-38-77(65)89)52-31-39-78-66(45-52)60-19-5-11-25-74(60)90(78)58-36-37-72-71(50-58)85(91-75-26-12-6-20-61(75)67-46-53(32-40-79(67)91)55-34-42-83-69(48-55)63-22-8-14-28-81(63)93-83)88-86(87-72)92-76-27-13-7-21-62(76)68-47-54(33-41-80(68)92)56-35-43-84-70(49-56)64-23-9-15-29-82(64)94-84/h1-50H. The van der Waals surface area contributed by atoms with E-state index in [-0.39, 0.29) is 0 Å². The van der Waals surface area contributed by atoms with Crippen LogP contribution in [0.3, 0.4) is 0 Å². The highest BCUT2D eigenvalue weighted by Crippen LogP contribution is 2.44. The largest absolute Gasteiger partial charge is 0.456 e. The van der Waals surface area contributed by atoms with Gasteiger partial charge in [-0.3, -0.25) is 9.13 Å². The average Bonchev–Trinajstić information content (AvgIpc) is 1.60. The van der Waals surface area contributed by atoms with E-state index in [9.17, 15) is 0 Å². The summed E-state index contributed by atoms with van der Waals surface area (Å²) >= 11 is 0. The minimum atomic E-state index is 0.580. The predicted molar refractivity (Wildman–Crippen MR) is 388 cm³/mol. The van der Waals surface area contributed by atoms with E-state index in [2.05, 4.69) is 297 Å². The summed E-state index contributed by atoms with van der Waals surface area (Å²) in [5.74, 6) is 1.36. The summed E-state index contributed by atoms with van der Waals surface area (Å²) in [5.41, 5.74) is 22.0. The summed E-state index contributed by atoms with van der Waals surface area (Å²) in [4.78, 5) is 11.5. The molecule has 0 radical (unpaired) electrons. The Kier molecular flexibility index (Phi) is 10.5. The molecule has 0 aliphatic heterocycles. The molecule has 0 N–H and O–H groups in total. The molecule has 436 valence electrons. The molecule has 8 nitrogen and oxygen atoms in total. The summed E-state index contributed by atoms with van der Waals surface area (Å²) in [6, 6.07) is 109. The van der Waals surface area contributed by atoms with Crippen LogP contribution in [0.4, 0.5) is 0 Å². The van der Waals surface area contributed by atoms with Crippen molar-refractivity contribution in [3.8, 4) is 56.5 Å². The number of para-hydroxylation sites is 7. The van der Waals surface area contributed by atoms with Gasteiger partial charge in [-0.1, -0.05) is 164 Å². The number of rotatable bonds is 7. The van der Waals surface area contributed by atoms with Crippen LogP contribution in [-0.2, 0) is 0 Å². The molecule has 0 saturated carbocycles. The van der Waals surface area contributed by atoms with Crippen molar-refractivity contribution in [2.75, 3.05) is 0 Å². The van der Waals surface area contributed by atoms with Crippen LogP contribution in [0.5, 0.6) is 0 Å². The quantitative estimate of drug-likeness (QED) is 0.159. The summed E-state index contributed by atoms with van der Waals surface area (Å²) in [6.07, 6.45) is 0. The number of hydrogen-bond acceptors (Lipinski definition) is 4. The highest BCUT2D eigenvalue weighted by Gasteiger charge is 2.24. The smallest absolute Gasteiger partial charge is 0.237 e. The third-order valence-corrected chi connectivity index (χ3v) is 19.8. The third kappa shape index (κ3) is 7.38. The van der Waals surface area contributed by atoms with Crippen LogP contribution >= 0.6 is 0 Å². The summed E-state index contributed by atoms with van der Waals surface area (Å²) < 4.78 is 22.0. The zero-order valence-electron chi connectivity index (χ0n) is 50.4. The SMILES string of the molecule is c1ccc(-n2c3ccccc3c3cc(-c4ccc5c(c4)c4ccccc4n5-c4ccc5nc(-n6c7ccccc7c7cc(-c8ccc9oc%10ccccc%10c9c8)ccc76)nc(-n6c7ccccc7c7cc(-c8ccc9oc%10ccccc%10c9c8)ccc76)c5c4)ccc32)cc1. The second-order valence-corrected chi connectivity index (χ2v) is 24.8. The number of aromatic nitrogens is 6. The highest BCUT2D eigenvalue weighted by atomic mass is 16.3. The molecule has 7 heterocycles. The van der Waals surface area contributed by atoms with Gasteiger partial charge in [-0.2, -0.15) is 4.98 Å². The molecule has 14 aromatic carbocycles. The first-order valence-corrected chi connectivity index (χ1v) is 31.9. The van der Waals surface area contributed by atoms with Crippen LogP contribution in [0.2, 0.25) is 0 Å². The van der Waals surface area contributed by atoms with Gasteiger partial charge in [0.1, 0.15) is 22.3 Å². The Morgan fingerprint density at radius 3 is 1.02 bits per heavy atom. The fraction of sp³-hybridized carbons (Fsp3) is 0. The minimum Gasteiger partial charge on any atom is -0.456 e. The maximum Gasteiger partial charge on any atom is 0.237 e. The van der Waals surface area contributed by atoms with Gasteiger partial charge in [0.15, 0.2) is 5.82 Å². The number of nitrogens with zero attached hydrogens (tertiary/aromatic N) is 6. The Balaban J connectivity index is 0.769. The Morgan fingerprint density at radius 1 is 0.202 bits per heavy atom. The van der Waals surface area contributed by atoms with Crippen LogP contribution in [0.25, 0.3) is 199 Å². The number of furan rings is 2. The molecule has 21 rings (SSSR count). The zero-order chi connectivity index (χ0) is 61.3. The summed E-state index contributed by atoms with van der Waals surface area (Å²) in [5, 5.41) is 14.6. The molecular formula is C86H50N6O2. The van der Waals surface area contributed by atoms with Gasteiger partial charge in [-0.05, 0) is 173 Å². The second-order valence-electron chi connectivity index (χ2n) is 24.8. The van der Waals surface area contributed by atoms with E-state index in [4.69, 9.17) is 18.8 Å². The first kappa shape index (κ1) is 51.0. The second kappa shape index (κ2) is 19.4. The predicted octanol–water partition coefficient (Wildman–Crippen LogP) is 22.8. The zero-order valence-corrected chi connectivity index (χ0v) is 50.4. The molecule has 0 amide bonds. The van der Waals surface area contributed by atoms with Crippen molar-refractivity contribution in [3.05, 3.63) is 303 Å². The van der Waals surface area contributed by atoms with Gasteiger partial charge in [0.25, 0.3) is 0 Å². The van der Waals surface area contributed by atoms with E-state index in [1.54, 1.807) is 0 Å². The Labute approximate surface area is 535 Å². The maximum absolute atomic E-state index is 6.30. The van der Waals surface area contributed by atoms with E-state index < -0.39 is 0 Å². The van der Waals surface area contributed by atoms with Crippen molar-refractivity contribution >= 4 is 142 Å². The Hall–Kier alpha value is -12.8. The lowest BCUT2D eigenvalue weighted by Crippen LogP contribution is -2.08. The van der Waals surface area contributed by atoms with E-state index in [1.807, 2.05) is 24.3 Å².